The van der Waals surface area contributed by atoms with E-state index in [1.54, 1.807) is 6.07 Å². The predicted molar refractivity (Wildman–Crippen MR) is 122 cm³/mol. The molecule has 0 atom stereocenters. The van der Waals surface area contributed by atoms with Crippen LogP contribution in [0.5, 0.6) is 5.75 Å². The third-order valence-corrected chi connectivity index (χ3v) is 6.08. The zero-order chi connectivity index (χ0) is 22.3. The van der Waals surface area contributed by atoms with Crippen LogP contribution < -0.4 is 14.4 Å². The summed E-state index contributed by atoms with van der Waals surface area (Å²) in [5.41, 5.74) is 4.89. The van der Waals surface area contributed by atoms with Crippen molar-refractivity contribution < 1.29 is 17.9 Å². The molecule has 2 aromatic rings. The van der Waals surface area contributed by atoms with Crippen LogP contribution in [0.25, 0.3) is 0 Å². The van der Waals surface area contributed by atoms with Gasteiger partial charge in [-0.15, -0.1) is 0 Å². The molecule has 6 nitrogen and oxygen atoms in total. The lowest BCUT2D eigenvalue weighted by Gasteiger charge is -2.24. The lowest BCUT2D eigenvalue weighted by molar-refractivity contribution is -0.121. The molecule has 7 heteroatoms. The number of aryl methyl sites for hydroxylation is 3. The van der Waals surface area contributed by atoms with E-state index in [1.165, 1.54) is 10.6 Å². The van der Waals surface area contributed by atoms with Crippen molar-refractivity contribution in [2.75, 3.05) is 30.3 Å². The second-order valence-electron chi connectivity index (χ2n) is 7.68. The first-order valence-electron chi connectivity index (χ1n) is 10.1. The van der Waals surface area contributed by atoms with Crippen LogP contribution in [0, 0.1) is 27.7 Å². The Bertz CT molecular complexity index is 966. The zero-order valence-corrected chi connectivity index (χ0v) is 19.3. The normalized spacial score (nSPS) is 11.2. The summed E-state index contributed by atoms with van der Waals surface area (Å²) in [5.74, 6) is 0.674. The third kappa shape index (κ3) is 7.06. The second kappa shape index (κ2) is 10.5. The lowest BCUT2D eigenvalue weighted by atomic mass is 10.1. The third-order valence-electron chi connectivity index (χ3n) is 4.90. The summed E-state index contributed by atoms with van der Waals surface area (Å²) in [7, 11) is -3.43. The quantitative estimate of drug-likeness (QED) is 0.582. The van der Waals surface area contributed by atoms with Crippen LogP contribution >= 0.6 is 0 Å². The summed E-state index contributed by atoms with van der Waals surface area (Å²) in [6, 6.07) is 11.6. The van der Waals surface area contributed by atoms with Crippen molar-refractivity contribution in [2.45, 2.75) is 40.5 Å². The Labute approximate surface area is 180 Å². The number of carbonyl (C=O) groups excluding carboxylic acids is 1. The minimum Gasteiger partial charge on any atom is -0.492 e. The summed E-state index contributed by atoms with van der Waals surface area (Å²) < 4.78 is 31.6. The molecule has 0 fully saturated rings. The highest BCUT2D eigenvalue weighted by Gasteiger charge is 2.19. The number of nitrogens with zero attached hydrogens (tertiary/aromatic N) is 1. The van der Waals surface area contributed by atoms with Crippen molar-refractivity contribution in [3.63, 3.8) is 0 Å². The number of ether oxygens (including phenoxy) is 1. The monoisotopic (exact) mass is 432 g/mol. The van der Waals surface area contributed by atoms with Gasteiger partial charge in [-0.25, -0.2) is 8.42 Å². The van der Waals surface area contributed by atoms with Crippen LogP contribution in [0.1, 0.15) is 35.1 Å². The maximum atomic E-state index is 12.3. The SMILES string of the molecule is Cc1cc(C)cc(OCCNC(=O)CCCN(c2cccc(C)c2C)S(C)(=O)=O)c1. The van der Waals surface area contributed by atoms with Gasteiger partial charge in [-0.1, -0.05) is 18.2 Å². The van der Waals surface area contributed by atoms with E-state index in [4.69, 9.17) is 4.74 Å². The summed E-state index contributed by atoms with van der Waals surface area (Å²) in [5, 5.41) is 2.82. The Morgan fingerprint density at radius 1 is 1.07 bits per heavy atom. The number of amides is 1. The number of benzene rings is 2. The van der Waals surface area contributed by atoms with Gasteiger partial charge in [-0.05, 0) is 74.6 Å². The Hall–Kier alpha value is -2.54. The largest absolute Gasteiger partial charge is 0.492 e. The molecule has 1 amide bonds. The highest BCUT2D eigenvalue weighted by atomic mass is 32.2. The summed E-state index contributed by atoms with van der Waals surface area (Å²) in [6.07, 6.45) is 1.88. The van der Waals surface area contributed by atoms with E-state index in [0.717, 1.165) is 28.0 Å². The molecule has 0 aliphatic heterocycles. The summed E-state index contributed by atoms with van der Waals surface area (Å²) in [4.78, 5) is 12.1. The molecule has 0 heterocycles. The number of sulfonamides is 1. The van der Waals surface area contributed by atoms with Gasteiger partial charge in [0.25, 0.3) is 0 Å². The average Bonchev–Trinajstić information content (AvgIpc) is 2.63. The number of carbonyl (C=O) groups is 1. The summed E-state index contributed by atoms with van der Waals surface area (Å²) in [6.45, 7) is 8.93. The Morgan fingerprint density at radius 3 is 2.37 bits per heavy atom. The molecule has 0 saturated heterocycles. The number of nitrogens with one attached hydrogen (secondary N) is 1. The molecule has 0 unspecified atom stereocenters. The van der Waals surface area contributed by atoms with Gasteiger partial charge in [0.05, 0.1) is 18.5 Å². The van der Waals surface area contributed by atoms with Gasteiger partial charge in [0.2, 0.25) is 15.9 Å². The predicted octanol–water partition coefficient (Wildman–Crippen LogP) is 3.66. The minimum atomic E-state index is -3.43. The van der Waals surface area contributed by atoms with Gasteiger partial charge in [0, 0.05) is 13.0 Å². The Kier molecular flexibility index (Phi) is 8.29. The fraction of sp³-hybridized carbons (Fsp3) is 0.435. The van der Waals surface area contributed by atoms with Gasteiger partial charge < -0.3 is 10.1 Å². The van der Waals surface area contributed by atoms with E-state index in [9.17, 15) is 13.2 Å². The molecular weight excluding hydrogens is 400 g/mol. The van der Waals surface area contributed by atoms with Crippen LogP contribution in [-0.2, 0) is 14.8 Å². The van der Waals surface area contributed by atoms with Gasteiger partial charge >= 0.3 is 0 Å². The van der Waals surface area contributed by atoms with Crippen molar-refractivity contribution in [1.82, 2.24) is 5.32 Å². The van der Waals surface area contributed by atoms with Gasteiger partial charge in [-0.2, -0.15) is 0 Å². The van der Waals surface area contributed by atoms with Gasteiger partial charge in [0.1, 0.15) is 12.4 Å². The molecule has 0 spiro atoms. The molecular formula is C23H32N2O4S. The van der Waals surface area contributed by atoms with Crippen molar-refractivity contribution >= 4 is 21.6 Å². The van der Waals surface area contributed by atoms with Crippen molar-refractivity contribution in [3.8, 4) is 5.75 Å². The molecule has 0 aliphatic carbocycles. The van der Waals surface area contributed by atoms with E-state index in [0.29, 0.717) is 25.3 Å². The maximum Gasteiger partial charge on any atom is 0.232 e. The maximum absolute atomic E-state index is 12.3. The Morgan fingerprint density at radius 2 is 1.73 bits per heavy atom. The average molecular weight is 433 g/mol. The fourth-order valence-corrected chi connectivity index (χ4v) is 4.33. The number of anilines is 1. The van der Waals surface area contributed by atoms with Crippen LogP contribution in [0.3, 0.4) is 0 Å². The second-order valence-corrected chi connectivity index (χ2v) is 9.59. The molecule has 0 aromatic heterocycles. The van der Waals surface area contributed by atoms with E-state index in [-0.39, 0.29) is 18.9 Å². The topological polar surface area (TPSA) is 75.7 Å². The number of rotatable bonds is 10. The smallest absolute Gasteiger partial charge is 0.232 e. The van der Waals surface area contributed by atoms with Crippen molar-refractivity contribution in [2.24, 2.45) is 0 Å². The van der Waals surface area contributed by atoms with Gasteiger partial charge in [-0.3, -0.25) is 9.10 Å². The lowest BCUT2D eigenvalue weighted by Crippen LogP contribution is -2.33. The molecule has 30 heavy (non-hydrogen) atoms. The van der Waals surface area contributed by atoms with E-state index < -0.39 is 10.0 Å². The van der Waals surface area contributed by atoms with Crippen LogP contribution in [0.2, 0.25) is 0 Å². The molecule has 2 aromatic carbocycles. The number of hydrogen-bond donors (Lipinski definition) is 1. The summed E-state index contributed by atoms with van der Waals surface area (Å²) >= 11 is 0. The Balaban J connectivity index is 1.81. The fourth-order valence-electron chi connectivity index (χ4n) is 3.32. The first-order chi connectivity index (χ1) is 14.1. The minimum absolute atomic E-state index is 0.117. The standard InChI is InChI=1S/C23H32N2O4S/c1-17-14-18(2)16-21(15-17)29-13-11-24-23(26)10-7-12-25(30(5,27)28)22-9-6-8-19(3)20(22)4/h6,8-9,14-16H,7,10-13H2,1-5H3,(H,24,26). The van der Waals surface area contributed by atoms with Crippen LogP contribution in [0.15, 0.2) is 36.4 Å². The molecule has 1 N–H and O–H groups in total. The highest BCUT2D eigenvalue weighted by molar-refractivity contribution is 7.92. The van der Waals surface area contributed by atoms with Crippen LogP contribution in [0.4, 0.5) is 5.69 Å². The van der Waals surface area contributed by atoms with Gasteiger partial charge in [0.15, 0.2) is 0 Å². The van der Waals surface area contributed by atoms with E-state index >= 15 is 0 Å². The molecule has 0 saturated carbocycles. The molecule has 0 bridgehead atoms. The van der Waals surface area contributed by atoms with Crippen molar-refractivity contribution in [1.29, 1.82) is 0 Å². The molecule has 2 rings (SSSR count). The van der Waals surface area contributed by atoms with Crippen LogP contribution in [-0.4, -0.2) is 40.3 Å². The van der Waals surface area contributed by atoms with Crippen molar-refractivity contribution in [3.05, 3.63) is 58.7 Å². The molecule has 164 valence electrons. The van der Waals surface area contributed by atoms with E-state index in [2.05, 4.69) is 11.4 Å². The molecule has 0 aliphatic rings. The highest BCUT2D eigenvalue weighted by Crippen LogP contribution is 2.25. The molecule has 0 radical (unpaired) electrons. The zero-order valence-electron chi connectivity index (χ0n) is 18.5. The first kappa shape index (κ1) is 23.7. The van der Waals surface area contributed by atoms with E-state index in [1.807, 2.05) is 52.0 Å². The number of hydrogen-bond acceptors (Lipinski definition) is 4. The first-order valence-corrected chi connectivity index (χ1v) is 11.9.